The van der Waals surface area contributed by atoms with E-state index in [1.54, 1.807) is 0 Å². The molecule has 1 aromatic carbocycles. The molecule has 0 atom stereocenters. The van der Waals surface area contributed by atoms with E-state index in [1.807, 2.05) is 13.8 Å². The van der Waals surface area contributed by atoms with Crippen molar-refractivity contribution < 1.29 is 0 Å². The molecule has 3 aromatic rings. The fraction of sp³-hybridized carbons (Fsp3) is 0.267. The number of hydrogen-bond acceptors (Lipinski definition) is 3. The maximum absolute atomic E-state index is 4.47. The van der Waals surface area contributed by atoms with Gasteiger partial charge in [-0.25, -0.2) is 4.98 Å². The zero-order chi connectivity index (χ0) is 13.2. The van der Waals surface area contributed by atoms with E-state index in [0.29, 0.717) is 0 Å². The predicted octanol–water partition coefficient (Wildman–Crippen LogP) is 2.69. The first-order valence-corrected chi connectivity index (χ1v) is 6.45. The van der Waals surface area contributed by atoms with Gasteiger partial charge in [0.15, 0.2) is 5.82 Å². The van der Waals surface area contributed by atoms with Crippen molar-refractivity contribution in [2.24, 2.45) is 0 Å². The molecule has 0 bridgehead atoms. The third-order valence-corrected chi connectivity index (χ3v) is 3.39. The summed E-state index contributed by atoms with van der Waals surface area (Å²) in [5, 5.41) is 9.53. The van der Waals surface area contributed by atoms with Crippen LogP contribution in [0.5, 0.6) is 0 Å². The lowest BCUT2D eigenvalue weighted by atomic mass is 10.2. The number of aryl methyl sites for hydroxylation is 4. The van der Waals surface area contributed by atoms with Gasteiger partial charge in [-0.3, -0.25) is 0 Å². The van der Waals surface area contributed by atoms with Gasteiger partial charge < -0.3 is 4.57 Å². The number of fused-ring (bicyclic) bond motifs is 1. The Labute approximate surface area is 112 Å². The Kier molecular flexibility index (Phi) is 2.99. The molecule has 4 heteroatoms. The molecule has 0 amide bonds. The van der Waals surface area contributed by atoms with Crippen LogP contribution < -0.4 is 0 Å². The second kappa shape index (κ2) is 4.80. The molecule has 0 N–H and O–H groups in total. The Morgan fingerprint density at radius 2 is 1.84 bits per heavy atom. The highest BCUT2D eigenvalue weighted by molar-refractivity contribution is 5.79. The van der Waals surface area contributed by atoms with Gasteiger partial charge in [0.1, 0.15) is 0 Å². The van der Waals surface area contributed by atoms with Crippen LogP contribution in [0.4, 0.5) is 0 Å². The van der Waals surface area contributed by atoms with E-state index in [1.165, 1.54) is 10.9 Å². The lowest BCUT2D eigenvalue weighted by Gasteiger charge is -2.05. The van der Waals surface area contributed by atoms with Crippen molar-refractivity contribution in [3.63, 3.8) is 0 Å². The van der Waals surface area contributed by atoms with E-state index >= 15 is 0 Å². The number of rotatable bonds is 3. The van der Waals surface area contributed by atoms with Gasteiger partial charge in [-0.2, -0.15) is 5.10 Å². The lowest BCUT2D eigenvalue weighted by Crippen LogP contribution is -2.07. The van der Waals surface area contributed by atoms with E-state index < -0.39 is 0 Å². The highest BCUT2D eigenvalue weighted by Gasteiger charge is 2.04. The highest BCUT2D eigenvalue weighted by Crippen LogP contribution is 2.15. The van der Waals surface area contributed by atoms with Gasteiger partial charge in [-0.15, -0.1) is 5.10 Å². The maximum Gasteiger partial charge on any atom is 0.152 e. The van der Waals surface area contributed by atoms with Gasteiger partial charge in [0, 0.05) is 24.7 Å². The SMILES string of the molecule is Cc1nnc(CCn2ccc3ccccc32)nc1C. The first-order chi connectivity index (χ1) is 9.24. The quantitative estimate of drug-likeness (QED) is 0.719. The summed E-state index contributed by atoms with van der Waals surface area (Å²) in [6, 6.07) is 10.5. The average Bonchev–Trinajstić information content (AvgIpc) is 2.83. The Bertz CT molecular complexity index is 715. The van der Waals surface area contributed by atoms with Crippen molar-refractivity contribution in [2.75, 3.05) is 0 Å². The first kappa shape index (κ1) is 11.8. The standard InChI is InChI=1S/C15H16N4/c1-11-12(2)17-18-15(16-11)8-10-19-9-7-13-5-3-4-6-14(13)19/h3-7,9H,8,10H2,1-2H3. The Balaban J connectivity index is 1.80. The Hall–Kier alpha value is -2.23. The van der Waals surface area contributed by atoms with Crippen LogP contribution in [0.15, 0.2) is 36.5 Å². The predicted molar refractivity (Wildman–Crippen MR) is 74.9 cm³/mol. The number of para-hydroxylation sites is 1. The molecule has 19 heavy (non-hydrogen) atoms. The van der Waals surface area contributed by atoms with Crippen molar-refractivity contribution in [3.05, 3.63) is 53.7 Å². The highest BCUT2D eigenvalue weighted by atomic mass is 15.2. The van der Waals surface area contributed by atoms with Crippen LogP contribution in [0.1, 0.15) is 17.2 Å². The molecule has 4 nitrogen and oxygen atoms in total. The smallest absolute Gasteiger partial charge is 0.152 e. The number of nitrogens with zero attached hydrogens (tertiary/aromatic N) is 4. The summed E-state index contributed by atoms with van der Waals surface area (Å²) in [7, 11) is 0. The normalized spacial score (nSPS) is 11.1. The van der Waals surface area contributed by atoms with Crippen LogP contribution in [0.2, 0.25) is 0 Å². The van der Waals surface area contributed by atoms with Crippen LogP contribution in [-0.4, -0.2) is 19.7 Å². The number of hydrogen-bond donors (Lipinski definition) is 0. The molecule has 0 saturated heterocycles. The molecule has 0 saturated carbocycles. The fourth-order valence-corrected chi connectivity index (χ4v) is 2.16. The Morgan fingerprint density at radius 1 is 1.00 bits per heavy atom. The van der Waals surface area contributed by atoms with E-state index in [4.69, 9.17) is 0 Å². The zero-order valence-corrected chi connectivity index (χ0v) is 11.2. The van der Waals surface area contributed by atoms with E-state index in [9.17, 15) is 0 Å². The Morgan fingerprint density at radius 3 is 2.68 bits per heavy atom. The second-order valence-corrected chi connectivity index (χ2v) is 4.72. The summed E-state index contributed by atoms with van der Waals surface area (Å²) in [5.41, 5.74) is 3.11. The van der Waals surface area contributed by atoms with Crippen LogP contribution in [-0.2, 0) is 13.0 Å². The largest absolute Gasteiger partial charge is 0.347 e. The van der Waals surface area contributed by atoms with E-state index in [2.05, 4.69) is 56.3 Å². The van der Waals surface area contributed by atoms with Gasteiger partial charge >= 0.3 is 0 Å². The second-order valence-electron chi connectivity index (χ2n) is 4.72. The van der Waals surface area contributed by atoms with Crippen molar-refractivity contribution in [1.82, 2.24) is 19.7 Å². The summed E-state index contributed by atoms with van der Waals surface area (Å²) >= 11 is 0. The van der Waals surface area contributed by atoms with Crippen molar-refractivity contribution >= 4 is 10.9 Å². The van der Waals surface area contributed by atoms with E-state index in [-0.39, 0.29) is 0 Å². The number of benzene rings is 1. The molecule has 0 aliphatic rings. The minimum atomic E-state index is 0.798. The third-order valence-electron chi connectivity index (χ3n) is 3.39. The molecule has 0 aliphatic carbocycles. The number of aromatic nitrogens is 4. The first-order valence-electron chi connectivity index (χ1n) is 6.45. The van der Waals surface area contributed by atoms with Gasteiger partial charge in [-0.1, -0.05) is 18.2 Å². The van der Waals surface area contributed by atoms with Crippen LogP contribution in [0, 0.1) is 13.8 Å². The summed E-state index contributed by atoms with van der Waals surface area (Å²) in [6.07, 6.45) is 2.91. The molecular formula is C15H16N4. The fourth-order valence-electron chi connectivity index (χ4n) is 2.16. The summed E-state index contributed by atoms with van der Waals surface area (Å²) in [4.78, 5) is 4.47. The van der Waals surface area contributed by atoms with Gasteiger partial charge in [0.05, 0.1) is 11.4 Å². The molecule has 0 fully saturated rings. The summed E-state index contributed by atoms with van der Waals surface area (Å²) in [5.74, 6) is 0.806. The molecule has 2 heterocycles. The third kappa shape index (κ3) is 2.34. The molecule has 0 radical (unpaired) electrons. The van der Waals surface area contributed by atoms with Crippen molar-refractivity contribution in [3.8, 4) is 0 Å². The van der Waals surface area contributed by atoms with Crippen LogP contribution in [0.3, 0.4) is 0 Å². The average molecular weight is 252 g/mol. The topological polar surface area (TPSA) is 43.6 Å². The summed E-state index contributed by atoms with van der Waals surface area (Å²) in [6.45, 7) is 4.77. The van der Waals surface area contributed by atoms with Gasteiger partial charge in [0.25, 0.3) is 0 Å². The molecule has 0 spiro atoms. The molecule has 0 aliphatic heterocycles. The van der Waals surface area contributed by atoms with Crippen LogP contribution >= 0.6 is 0 Å². The molecular weight excluding hydrogens is 236 g/mol. The maximum atomic E-state index is 4.47. The molecule has 3 rings (SSSR count). The molecule has 0 unspecified atom stereocenters. The summed E-state index contributed by atoms with van der Waals surface area (Å²) < 4.78 is 2.23. The minimum absolute atomic E-state index is 0.798. The zero-order valence-electron chi connectivity index (χ0n) is 11.2. The molecule has 2 aromatic heterocycles. The van der Waals surface area contributed by atoms with Gasteiger partial charge in [-0.05, 0) is 31.4 Å². The van der Waals surface area contributed by atoms with Crippen LogP contribution in [0.25, 0.3) is 10.9 Å². The minimum Gasteiger partial charge on any atom is -0.347 e. The monoisotopic (exact) mass is 252 g/mol. The lowest BCUT2D eigenvalue weighted by molar-refractivity contribution is 0.671. The molecule has 96 valence electrons. The van der Waals surface area contributed by atoms with E-state index in [0.717, 1.165) is 30.2 Å². The van der Waals surface area contributed by atoms with Crippen molar-refractivity contribution in [2.45, 2.75) is 26.8 Å². The van der Waals surface area contributed by atoms with Gasteiger partial charge in [0.2, 0.25) is 0 Å². The van der Waals surface area contributed by atoms with Crippen molar-refractivity contribution in [1.29, 1.82) is 0 Å².